The van der Waals surface area contributed by atoms with Crippen LogP contribution in [0.4, 0.5) is 0 Å². The molecule has 5 atom stereocenters. The number of hydrogen-bond donors (Lipinski definition) is 1. The molecule has 190 valence electrons. The van der Waals surface area contributed by atoms with Gasteiger partial charge in [-0.1, -0.05) is 79.2 Å². The number of rotatable bonds is 4. The number of Topliss-reactive ketones (excluding diaryl/α,β-unsaturated/α-hetero) is 1. The first kappa shape index (κ1) is 24.1. The average molecular weight is 495 g/mol. The Kier molecular flexibility index (Phi) is 6.26. The van der Waals surface area contributed by atoms with Crippen molar-refractivity contribution in [3.8, 4) is 5.75 Å². The molecule has 0 radical (unpaired) electrons. The van der Waals surface area contributed by atoms with Crippen LogP contribution in [0.15, 0.2) is 90.5 Å². The van der Waals surface area contributed by atoms with Crippen molar-refractivity contribution >= 4 is 11.9 Å². The Bertz CT molecular complexity index is 1280. The van der Waals surface area contributed by atoms with Gasteiger partial charge in [0.05, 0.1) is 18.6 Å². The van der Waals surface area contributed by atoms with Gasteiger partial charge in [0.15, 0.2) is 11.6 Å². The molecule has 1 aliphatic heterocycles. The Morgan fingerprint density at radius 2 is 1.59 bits per heavy atom. The zero-order valence-electron chi connectivity index (χ0n) is 21.3. The first-order valence-electron chi connectivity index (χ1n) is 13.4. The van der Waals surface area contributed by atoms with Crippen LogP contribution in [0.3, 0.4) is 0 Å². The second-order valence-electron chi connectivity index (χ2n) is 10.8. The molecule has 0 bridgehead atoms. The summed E-state index contributed by atoms with van der Waals surface area (Å²) in [6.45, 7) is 0. The summed E-state index contributed by atoms with van der Waals surface area (Å²) in [6, 6.07) is 28.2. The third-order valence-electron chi connectivity index (χ3n) is 8.87. The molecular weight excluding hydrogens is 460 g/mol. The normalized spacial score (nSPS) is 32.4. The van der Waals surface area contributed by atoms with Gasteiger partial charge in [0.25, 0.3) is 0 Å². The number of hydrogen-bond acceptors (Lipinski definition) is 4. The molecule has 4 nitrogen and oxygen atoms in total. The molecule has 1 heterocycles. The lowest BCUT2D eigenvalue weighted by molar-refractivity contribution is -0.330. The van der Waals surface area contributed by atoms with Crippen LogP contribution in [0.5, 0.6) is 5.75 Å². The lowest BCUT2D eigenvalue weighted by Crippen LogP contribution is -2.59. The standard InChI is InChI=1S/C33H34O4/c1-36-27-17-15-24(16-18-27)29-28-14-8-9-20-33(28,35)37-31(25-12-6-3-7-13-25)32(29)21-19-26(30(32)34)22-23-10-4-2-5-11-23/h2-7,10-13,15-18,22,28-29,31,35H,8-9,14,19-21H2,1H3/b26-22+/t28-,29+,31+,32+,33+/m0/s1. The molecule has 3 fully saturated rings. The van der Waals surface area contributed by atoms with E-state index in [0.717, 1.165) is 47.3 Å². The number of carbonyl (C=O) groups is 1. The van der Waals surface area contributed by atoms with Crippen LogP contribution in [0.25, 0.3) is 6.08 Å². The van der Waals surface area contributed by atoms with Crippen LogP contribution in [-0.2, 0) is 9.53 Å². The number of ether oxygens (including phenoxy) is 2. The van der Waals surface area contributed by atoms with Crippen molar-refractivity contribution in [2.75, 3.05) is 7.11 Å². The number of methoxy groups -OCH3 is 1. The minimum atomic E-state index is -1.26. The molecule has 1 spiro atoms. The van der Waals surface area contributed by atoms with Crippen LogP contribution in [0.1, 0.15) is 67.2 Å². The van der Waals surface area contributed by atoms with Crippen LogP contribution in [-0.4, -0.2) is 23.8 Å². The van der Waals surface area contributed by atoms with Crippen molar-refractivity contribution in [1.29, 1.82) is 0 Å². The molecule has 3 aromatic rings. The summed E-state index contributed by atoms with van der Waals surface area (Å²) in [7, 11) is 1.66. The van der Waals surface area contributed by atoms with Crippen molar-refractivity contribution < 1.29 is 19.4 Å². The summed E-state index contributed by atoms with van der Waals surface area (Å²) >= 11 is 0. The molecule has 6 rings (SSSR count). The lowest BCUT2D eigenvalue weighted by Gasteiger charge is -2.58. The molecule has 37 heavy (non-hydrogen) atoms. The third-order valence-corrected chi connectivity index (χ3v) is 8.87. The first-order chi connectivity index (χ1) is 18.0. The van der Waals surface area contributed by atoms with E-state index in [2.05, 4.69) is 12.1 Å². The first-order valence-corrected chi connectivity index (χ1v) is 13.4. The maximum atomic E-state index is 14.7. The highest BCUT2D eigenvalue weighted by Gasteiger charge is 2.66. The van der Waals surface area contributed by atoms with E-state index in [1.54, 1.807) is 7.11 Å². The Morgan fingerprint density at radius 3 is 2.30 bits per heavy atom. The predicted octanol–water partition coefficient (Wildman–Crippen LogP) is 6.86. The average Bonchev–Trinajstić information content (AvgIpc) is 3.25. The van der Waals surface area contributed by atoms with E-state index in [1.165, 1.54) is 0 Å². The van der Waals surface area contributed by atoms with Gasteiger partial charge in [-0.15, -0.1) is 0 Å². The van der Waals surface area contributed by atoms with Crippen LogP contribution >= 0.6 is 0 Å². The molecule has 1 N–H and O–H groups in total. The van der Waals surface area contributed by atoms with Gasteiger partial charge >= 0.3 is 0 Å². The summed E-state index contributed by atoms with van der Waals surface area (Å²) in [6.07, 6.45) is 6.26. The summed E-state index contributed by atoms with van der Waals surface area (Å²) in [5, 5.41) is 12.0. The number of allylic oxidation sites excluding steroid dienone is 1. The third kappa shape index (κ3) is 4.03. The van der Waals surface area contributed by atoms with Crippen molar-refractivity contribution in [1.82, 2.24) is 0 Å². The van der Waals surface area contributed by atoms with Gasteiger partial charge in [-0.05, 0) is 66.2 Å². The Morgan fingerprint density at radius 1 is 0.892 bits per heavy atom. The number of fused-ring (bicyclic) bond motifs is 1. The molecule has 3 aliphatic rings. The predicted molar refractivity (Wildman–Crippen MR) is 144 cm³/mol. The van der Waals surface area contributed by atoms with Gasteiger partial charge in [0, 0.05) is 18.3 Å². The minimum Gasteiger partial charge on any atom is -0.497 e. The van der Waals surface area contributed by atoms with E-state index in [1.807, 2.05) is 78.9 Å². The van der Waals surface area contributed by atoms with Crippen molar-refractivity contribution in [3.63, 3.8) is 0 Å². The largest absolute Gasteiger partial charge is 0.497 e. The van der Waals surface area contributed by atoms with Gasteiger partial charge in [0.2, 0.25) is 0 Å². The smallest absolute Gasteiger partial charge is 0.169 e. The number of ketones is 1. The van der Waals surface area contributed by atoms with Crippen LogP contribution < -0.4 is 4.74 Å². The van der Waals surface area contributed by atoms with Gasteiger partial charge in [-0.3, -0.25) is 4.79 Å². The monoisotopic (exact) mass is 494 g/mol. The van der Waals surface area contributed by atoms with Gasteiger partial charge in [-0.2, -0.15) is 0 Å². The number of carbonyl (C=O) groups excluding carboxylic acids is 1. The van der Waals surface area contributed by atoms with E-state index < -0.39 is 17.3 Å². The van der Waals surface area contributed by atoms with E-state index in [-0.39, 0.29) is 17.6 Å². The number of aliphatic hydroxyl groups is 1. The maximum Gasteiger partial charge on any atom is 0.169 e. The van der Waals surface area contributed by atoms with Crippen LogP contribution in [0.2, 0.25) is 0 Å². The highest BCUT2D eigenvalue weighted by molar-refractivity contribution is 6.07. The lowest BCUT2D eigenvalue weighted by atomic mass is 9.55. The molecule has 4 heteroatoms. The quantitative estimate of drug-likeness (QED) is 0.403. The van der Waals surface area contributed by atoms with Gasteiger partial charge in [-0.25, -0.2) is 0 Å². The zero-order valence-corrected chi connectivity index (χ0v) is 21.3. The van der Waals surface area contributed by atoms with E-state index in [4.69, 9.17) is 9.47 Å². The molecular formula is C33H34O4. The topological polar surface area (TPSA) is 55.8 Å². The fourth-order valence-corrected chi connectivity index (χ4v) is 7.20. The van der Waals surface area contributed by atoms with E-state index in [0.29, 0.717) is 19.3 Å². The Hall–Kier alpha value is -3.21. The molecule has 2 aliphatic carbocycles. The van der Waals surface area contributed by atoms with Gasteiger partial charge in [0.1, 0.15) is 5.75 Å². The van der Waals surface area contributed by atoms with Crippen molar-refractivity contribution in [2.24, 2.45) is 11.3 Å². The van der Waals surface area contributed by atoms with Crippen molar-refractivity contribution in [2.45, 2.75) is 56.3 Å². The summed E-state index contributed by atoms with van der Waals surface area (Å²) in [5.41, 5.74) is 3.10. The summed E-state index contributed by atoms with van der Waals surface area (Å²) in [5.74, 6) is -0.656. The SMILES string of the molecule is COc1ccc([C@@H]2[C@@H]3CCCC[C@@]3(O)O[C@H](c3ccccc3)[C@]23CC/C(=C\c2ccccc2)C3=O)cc1. The molecule has 0 aromatic heterocycles. The zero-order chi connectivity index (χ0) is 25.5. The number of benzene rings is 3. The fourth-order valence-electron chi connectivity index (χ4n) is 7.20. The highest BCUT2D eigenvalue weighted by Crippen LogP contribution is 2.67. The molecule has 0 unspecified atom stereocenters. The Labute approximate surface area is 218 Å². The highest BCUT2D eigenvalue weighted by atomic mass is 16.6. The summed E-state index contributed by atoms with van der Waals surface area (Å²) < 4.78 is 12.2. The van der Waals surface area contributed by atoms with E-state index in [9.17, 15) is 9.90 Å². The maximum absolute atomic E-state index is 14.7. The molecule has 2 saturated carbocycles. The van der Waals surface area contributed by atoms with Crippen LogP contribution in [0, 0.1) is 11.3 Å². The fraction of sp³-hybridized carbons (Fsp3) is 0.364. The second kappa shape index (κ2) is 9.59. The second-order valence-corrected chi connectivity index (χ2v) is 10.8. The van der Waals surface area contributed by atoms with E-state index >= 15 is 0 Å². The van der Waals surface area contributed by atoms with Crippen molar-refractivity contribution in [3.05, 3.63) is 107 Å². The molecule has 1 saturated heterocycles. The van der Waals surface area contributed by atoms with Gasteiger partial charge < -0.3 is 14.6 Å². The Balaban J connectivity index is 1.55. The molecule has 0 amide bonds. The molecule has 3 aromatic carbocycles. The minimum absolute atomic E-state index is 0.152. The summed E-state index contributed by atoms with van der Waals surface area (Å²) in [4.78, 5) is 14.7.